The van der Waals surface area contributed by atoms with Crippen LogP contribution in [0.3, 0.4) is 0 Å². The van der Waals surface area contributed by atoms with E-state index in [1.54, 1.807) is 0 Å². The molecule has 2 aromatic rings. The third-order valence-electron chi connectivity index (χ3n) is 4.46. The summed E-state index contributed by atoms with van der Waals surface area (Å²) < 4.78 is 0. The first kappa shape index (κ1) is 14.8. The number of para-hydroxylation sites is 1. The number of nitrogens with zero attached hydrogens (tertiary/aromatic N) is 1. The lowest BCUT2D eigenvalue weighted by molar-refractivity contribution is -0.118. The van der Waals surface area contributed by atoms with Crippen molar-refractivity contribution in [2.75, 3.05) is 11.4 Å². The molecule has 0 spiro atoms. The minimum atomic E-state index is 0.234. The van der Waals surface area contributed by atoms with Gasteiger partial charge in [0.1, 0.15) is 0 Å². The van der Waals surface area contributed by atoms with Crippen LogP contribution >= 0.6 is 0 Å². The zero-order chi connectivity index (χ0) is 15.5. The first-order valence-corrected chi connectivity index (χ1v) is 8.12. The molecule has 0 bridgehead atoms. The van der Waals surface area contributed by atoms with E-state index in [1.807, 2.05) is 17.0 Å². The fourth-order valence-electron chi connectivity index (χ4n) is 3.05. The molecule has 0 atom stereocenters. The predicted octanol–water partition coefficient (Wildman–Crippen LogP) is 4.33. The molecule has 114 valence electrons. The van der Waals surface area contributed by atoms with Gasteiger partial charge in [-0.2, -0.15) is 0 Å². The van der Waals surface area contributed by atoms with Crippen molar-refractivity contribution in [1.29, 1.82) is 0 Å². The summed E-state index contributed by atoms with van der Waals surface area (Å²) in [4.78, 5) is 14.4. The largest absolute Gasteiger partial charge is 0.312 e. The van der Waals surface area contributed by atoms with Gasteiger partial charge in [0.2, 0.25) is 5.91 Å². The van der Waals surface area contributed by atoms with Crippen LogP contribution in [0.5, 0.6) is 0 Å². The molecule has 3 rings (SSSR count). The molecule has 0 fully saturated rings. The summed E-state index contributed by atoms with van der Waals surface area (Å²) in [5, 5.41) is 0. The van der Waals surface area contributed by atoms with Gasteiger partial charge in [0.15, 0.2) is 0 Å². The maximum absolute atomic E-state index is 12.5. The fraction of sp³-hybridized carbons (Fsp3) is 0.350. The van der Waals surface area contributed by atoms with Gasteiger partial charge in [0, 0.05) is 18.7 Å². The van der Waals surface area contributed by atoms with Crippen LogP contribution in [0.4, 0.5) is 5.69 Å². The third-order valence-corrected chi connectivity index (χ3v) is 4.46. The highest BCUT2D eigenvalue weighted by atomic mass is 16.2. The average Bonchev–Trinajstić information content (AvgIpc) is 2.97. The number of anilines is 1. The van der Waals surface area contributed by atoms with E-state index in [-0.39, 0.29) is 5.91 Å². The van der Waals surface area contributed by atoms with E-state index in [4.69, 9.17) is 0 Å². The molecule has 0 N–H and O–H groups in total. The van der Waals surface area contributed by atoms with Crippen molar-refractivity contribution in [3.05, 3.63) is 65.2 Å². The van der Waals surface area contributed by atoms with E-state index < -0.39 is 0 Å². The third kappa shape index (κ3) is 3.06. The van der Waals surface area contributed by atoms with Crippen molar-refractivity contribution in [2.24, 2.45) is 0 Å². The smallest absolute Gasteiger partial charge is 0.227 e. The molecule has 0 aliphatic carbocycles. The highest BCUT2D eigenvalue weighted by Crippen LogP contribution is 2.28. The van der Waals surface area contributed by atoms with Crippen LogP contribution in [-0.4, -0.2) is 12.5 Å². The maximum Gasteiger partial charge on any atom is 0.227 e. The van der Waals surface area contributed by atoms with Gasteiger partial charge >= 0.3 is 0 Å². The number of carbonyl (C=O) groups is 1. The van der Waals surface area contributed by atoms with E-state index in [9.17, 15) is 4.79 Å². The Morgan fingerprint density at radius 2 is 1.82 bits per heavy atom. The van der Waals surface area contributed by atoms with Crippen LogP contribution < -0.4 is 4.90 Å². The molecule has 1 amide bonds. The Kier molecular flexibility index (Phi) is 4.28. The number of hydrogen-bond acceptors (Lipinski definition) is 1. The van der Waals surface area contributed by atoms with Crippen molar-refractivity contribution in [2.45, 2.75) is 39.0 Å². The van der Waals surface area contributed by atoms with Gasteiger partial charge in [0.05, 0.1) is 0 Å². The van der Waals surface area contributed by atoms with Gasteiger partial charge in [-0.25, -0.2) is 0 Å². The Morgan fingerprint density at radius 3 is 2.55 bits per heavy atom. The molecule has 0 saturated carbocycles. The van der Waals surface area contributed by atoms with Crippen LogP contribution in [0.15, 0.2) is 48.5 Å². The molecule has 2 aromatic carbocycles. The van der Waals surface area contributed by atoms with Crippen LogP contribution in [0.2, 0.25) is 0 Å². The van der Waals surface area contributed by atoms with Gasteiger partial charge in [-0.1, -0.05) is 56.3 Å². The van der Waals surface area contributed by atoms with Gasteiger partial charge in [0.25, 0.3) is 0 Å². The zero-order valence-corrected chi connectivity index (χ0v) is 13.4. The van der Waals surface area contributed by atoms with Crippen LogP contribution in [0, 0.1) is 0 Å². The molecule has 1 aliphatic rings. The number of aryl methyl sites for hydroxylation is 1. The SMILES string of the molecule is CC(C)c1ccc(CCC(=O)N2CCc3ccccc32)cc1. The average molecular weight is 293 g/mol. The van der Waals surface area contributed by atoms with E-state index in [2.05, 4.69) is 50.2 Å². The predicted molar refractivity (Wildman–Crippen MR) is 91.4 cm³/mol. The number of rotatable bonds is 4. The topological polar surface area (TPSA) is 20.3 Å². The Morgan fingerprint density at radius 1 is 1.09 bits per heavy atom. The van der Waals surface area contributed by atoms with Crippen molar-refractivity contribution >= 4 is 11.6 Å². The second-order valence-electron chi connectivity index (χ2n) is 6.32. The molecule has 2 heteroatoms. The van der Waals surface area contributed by atoms with E-state index in [0.29, 0.717) is 12.3 Å². The standard InChI is InChI=1S/C20H23NO/c1-15(2)17-10-7-16(8-11-17)9-12-20(22)21-14-13-18-5-3-4-6-19(18)21/h3-8,10-11,15H,9,12-14H2,1-2H3. The number of carbonyl (C=O) groups excluding carboxylic acids is 1. The maximum atomic E-state index is 12.5. The lowest BCUT2D eigenvalue weighted by Gasteiger charge is -2.17. The molecule has 0 saturated heterocycles. The lowest BCUT2D eigenvalue weighted by atomic mass is 10.0. The minimum Gasteiger partial charge on any atom is -0.312 e. The molecule has 22 heavy (non-hydrogen) atoms. The summed E-state index contributed by atoms with van der Waals surface area (Å²) in [5.74, 6) is 0.787. The number of amides is 1. The van der Waals surface area contributed by atoms with Crippen molar-refractivity contribution < 1.29 is 4.79 Å². The van der Waals surface area contributed by atoms with Crippen LogP contribution in [-0.2, 0) is 17.6 Å². The molecule has 0 radical (unpaired) electrons. The first-order chi connectivity index (χ1) is 10.6. The van der Waals surface area contributed by atoms with Gasteiger partial charge in [-0.15, -0.1) is 0 Å². The van der Waals surface area contributed by atoms with E-state index >= 15 is 0 Å². The normalized spacial score (nSPS) is 13.5. The Bertz CT molecular complexity index is 658. The Labute approximate surface area is 132 Å². The summed E-state index contributed by atoms with van der Waals surface area (Å²) in [7, 11) is 0. The van der Waals surface area contributed by atoms with Gasteiger partial charge < -0.3 is 4.90 Å². The molecule has 1 aliphatic heterocycles. The molecule has 0 aromatic heterocycles. The zero-order valence-electron chi connectivity index (χ0n) is 13.4. The fourth-order valence-corrected chi connectivity index (χ4v) is 3.05. The summed E-state index contributed by atoms with van der Waals surface area (Å²) in [5.41, 5.74) is 4.98. The Balaban J connectivity index is 1.61. The lowest BCUT2D eigenvalue weighted by Crippen LogP contribution is -2.29. The van der Waals surface area contributed by atoms with E-state index in [0.717, 1.165) is 25.1 Å². The number of fused-ring (bicyclic) bond motifs is 1. The van der Waals surface area contributed by atoms with E-state index in [1.165, 1.54) is 16.7 Å². The number of benzene rings is 2. The van der Waals surface area contributed by atoms with Gasteiger partial charge in [-0.05, 0) is 41.5 Å². The molecular formula is C20H23NO. The van der Waals surface area contributed by atoms with Crippen molar-refractivity contribution in [3.8, 4) is 0 Å². The molecular weight excluding hydrogens is 270 g/mol. The monoisotopic (exact) mass is 293 g/mol. The van der Waals surface area contributed by atoms with Gasteiger partial charge in [-0.3, -0.25) is 4.79 Å². The molecule has 0 unspecified atom stereocenters. The quantitative estimate of drug-likeness (QED) is 0.821. The van der Waals surface area contributed by atoms with Crippen molar-refractivity contribution in [1.82, 2.24) is 0 Å². The number of hydrogen-bond donors (Lipinski definition) is 0. The summed E-state index contributed by atoms with van der Waals surface area (Å²) in [6, 6.07) is 16.9. The summed E-state index contributed by atoms with van der Waals surface area (Å²) in [6.45, 7) is 5.22. The van der Waals surface area contributed by atoms with Crippen LogP contribution in [0.25, 0.3) is 0 Å². The Hall–Kier alpha value is -2.09. The summed E-state index contributed by atoms with van der Waals surface area (Å²) in [6.07, 6.45) is 2.37. The highest BCUT2D eigenvalue weighted by Gasteiger charge is 2.23. The second-order valence-corrected chi connectivity index (χ2v) is 6.32. The molecule has 2 nitrogen and oxygen atoms in total. The minimum absolute atomic E-state index is 0.234. The van der Waals surface area contributed by atoms with Crippen LogP contribution in [0.1, 0.15) is 42.9 Å². The first-order valence-electron chi connectivity index (χ1n) is 8.12. The summed E-state index contributed by atoms with van der Waals surface area (Å²) >= 11 is 0. The second kappa shape index (κ2) is 6.35. The van der Waals surface area contributed by atoms with Crippen molar-refractivity contribution in [3.63, 3.8) is 0 Å². The highest BCUT2D eigenvalue weighted by molar-refractivity contribution is 5.95. The molecule has 1 heterocycles.